The molecule has 0 saturated heterocycles. The molecule has 1 aromatic rings. The lowest BCUT2D eigenvalue weighted by atomic mass is 9.86. The van der Waals surface area contributed by atoms with Gasteiger partial charge >= 0.3 is 0 Å². The second-order valence-electron chi connectivity index (χ2n) is 4.50. The summed E-state index contributed by atoms with van der Waals surface area (Å²) in [4.78, 5) is 0. The van der Waals surface area contributed by atoms with Crippen LogP contribution in [-0.2, 0) is 6.42 Å². The predicted octanol–water partition coefficient (Wildman–Crippen LogP) is 3.04. The average molecular weight is 232 g/mol. The number of hydrogen-bond donors (Lipinski definition) is 1. The van der Waals surface area contributed by atoms with Crippen molar-refractivity contribution in [1.82, 2.24) is 5.32 Å². The van der Waals surface area contributed by atoms with Crippen LogP contribution in [0.1, 0.15) is 19.4 Å². The molecule has 0 saturated carbocycles. The second kappa shape index (κ2) is 6.09. The van der Waals surface area contributed by atoms with Crippen LogP contribution < -0.4 is 5.32 Å². The maximum atomic E-state index is 12.7. The Balaban J connectivity index is 0.00000196. The standard InChI is InChI=1S/C12H18FN.ClH/c1-12(2,9-14-3)8-10-4-6-11(13)7-5-10;/h4-7,14H,8-9H2,1-3H3;1H. The van der Waals surface area contributed by atoms with Crippen LogP contribution in [0.25, 0.3) is 0 Å². The van der Waals surface area contributed by atoms with Crippen molar-refractivity contribution in [3.8, 4) is 0 Å². The van der Waals surface area contributed by atoms with E-state index in [1.807, 2.05) is 19.2 Å². The van der Waals surface area contributed by atoms with E-state index in [1.165, 1.54) is 17.7 Å². The predicted molar refractivity (Wildman–Crippen MR) is 65.1 cm³/mol. The summed E-state index contributed by atoms with van der Waals surface area (Å²) in [7, 11) is 1.95. The van der Waals surface area contributed by atoms with E-state index >= 15 is 0 Å². The smallest absolute Gasteiger partial charge is 0.123 e. The lowest BCUT2D eigenvalue weighted by Gasteiger charge is -2.24. The Morgan fingerprint density at radius 1 is 1.20 bits per heavy atom. The Kier molecular flexibility index (Phi) is 5.84. The SMILES string of the molecule is CNCC(C)(C)Cc1ccc(F)cc1.Cl. The molecule has 15 heavy (non-hydrogen) atoms. The van der Waals surface area contributed by atoms with Crippen LogP contribution in [0.15, 0.2) is 24.3 Å². The van der Waals surface area contributed by atoms with Crippen LogP contribution in [0.3, 0.4) is 0 Å². The minimum absolute atomic E-state index is 0. The molecule has 0 aromatic heterocycles. The molecule has 0 bridgehead atoms. The maximum Gasteiger partial charge on any atom is 0.123 e. The van der Waals surface area contributed by atoms with Crippen LogP contribution in [0.5, 0.6) is 0 Å². The third-order valence-corrected chi connectivity index (χ3v) is 2.25. The second-order valence-corrected chi connectivity index (χ2v) is 4.50. The fourth-order valence-corrected chi connectivity index (χ4v) is 1.70. The van der Waals surface area contributed by atoms with Crippen molar-refractivity contribution in [3.63, 3.8) is 0 Å². The fourth-order valence-electron chi connectivity index (χ4n) is 1.70. The van der Waals surface area contributed by atoms with E-state index in [0.29, 0.717) is 0 Å². The normalized spacial score (nSPS) is 10.9. The van der Waals surface area contributed by atoms with Crippen molar-refractivity contribution in [1.29, 1.82) is 0 Å². The first-order valence-corrected chi connectivity index (χ1v) is 4.92. The zero-order valence-corrected chi connectivity index (χ0v) is 10.3. The number of hydrogen-bond acceptors (Lipinski definition) is 1. The van der Waals surface area contributed by atoms with E-state index in [4.69, 9.17) is 0 Å². The molecule has 0 heterocycles. The van der Waals surface area contributed by atoms with Gasteiger partial charge in [0.2, 0.25) is 0 Å². The molecule has 0 atom stereocenters. The van der Waals surface area contributed by atoms with Gasteiger partial charge in [0.25, 0.3) is 0 Å². The zero-order chi connectivity index (χ0) is 10.6. The molecule has 1 aromatic carbocycles. The first-order chi connectivity index (χ1) is 6.53. The van der Waals surface area contributed by atoms with Gasteiger partial charge in [0, 0.05) is 6.54 Å². The molecular formula is C12H19ClFN. The Morgan fingerprint density at radius 3 is 2.20 bits per heavy atom. The van der Waals surface area contributed by atoms with Crippen molar-refractivity contribution in [2.24, 2.45) is 5.41 Å². The van der Waals surface area contributed by atoms with Crippen LogP contribution >= 0.6 is 12.4 Å². The van der Waals surface area contributed by atoms with Gasteiger partial charge in [0.1, 0.15) is 5.82 Å². The molecule has 0 amide bonds. The zero-order valence-electron chi connectivity index (χ0n) is 9.51. The first-order valence-electron chi connectivity index (χ1n) is 4.92. The van der Waals surface area contributed by atoms with Gasteiger partial charge in [-0.1, -0.05) is 26.0 Å². The summed E-state index contributed by atoms with van der Waals surface area (Å²) < 4.78 is 12.7. The summed E-state index contributed by atoms with van der Waals surface area (Å²) in [6.07, 6.45) is 0.966. The highest BCUT2D eigenvalue weighted by atomic mass is 35.5. The Bertz CT molecular complexity index is 282. The molecule has 0 aliphatic rings. The van der Waals surface area contributed by atoms with Gasteiger partial charge in [0.05, 0.1) is 0 Å². The van der Waals surface area contributed by atoms with Crippen LogP contribution in [0.4, 0.5) is 4.39 Å². The molecule has 0 aliphatic carbocycles. The van der Waals surface area contributed by atoms with Crippen LogP contribution in [0, 0.1) is 11.2 Å². The average Bonchev–Trinajstić information content (AvgIpc) is 2.08. The van der Waals surface area contributed by atoms with Crippen molar-refractivity contribution < 1.29 is 4.39 Å². The van der Waals surface area contributed by atoms with Gasteiger partial charge in [-0.2, -0.15) is 0 Å². The van der Waals surface area contributed by atoms with Gasteiger partial charge in [-0.05, 0) is 36.6 Å². The van der Waals surface area contributed by atoms with E-state index in [0.717, 1.165) is 13.0 Å². The molecule has 1 rings (SSSR count). The summed E-state index contributed by atoms with van der Waals surface area (Å²) >= 11 is 0. The lowest BCUT2D eigenvalue weighted by molar-refractivity contribution is 0.350. The molecule has 1 N–H and O–H groups in total. The number of benzene rings is 1. The molecule has 1 nitrogen and oxygen atoms in total. The molecule has 0 aliphatic heterocycles. The molecule has 0 spiro atoms. The van der Waals surface area contributed by atoms with E-state index in [1.54, 1.807) is 0 Å². The van der Waals surface area contributed by atoms with Crippen molar-refractivity contribution in [2.45, 2.75) is 20.3 Å². The fraction of sp³-hybridized carbons (Fsp3) is 0.500. The number of halogens is 2. The Labute approximate surface area is 97.5 Å². The third kappa shape index (κ3) is 5.14. The van der Waals surface area contributed by atoms with Gasteiger partial charge in [-0.25, -0.2) is 4.39 Å². The van der Waals surface area contributed by atoms with Gasteiger partial charge in [-0.3, -0.25) is 0 Å². The molecule has 3 heteroatoms. The van der Waals surface area contributed by atoms with E-state index in [9.17, 15) is 4.39 Å². The van der Waals surface area contributed by atoms with Gasteiger partial charge < -0.3 is 5.32 Å². The van der Waals surface area contributed by atoms with Gasteiger partial charge in [-0.15, -0.1) is 12.4 Å². The van der Waals surface area contributed by atoms with Crippen molar-refractivity contribution >= 4 is 12.4 Å². The van der Waals surface area contributed by atoms with E-state index in [-0.39, 0.29) is 23.6 Å². The molecule has 0 fully saturated rings. The molecular weight excluding hydrogens is 213 g/mol. The van der Waals surface area contributed by atoms with Crippen molar-refractivity contribution in [3.05, 3.63) is 35.6 Å². The molecule has 0 radical (unpaired) electrons. The quantitative estimate of drug-likeness (QED) is 0.840. The number of nitrogens with one attached hydrogen (secondary N) is 1. The van der Waals surface area contributed by atoms with Crippen LogP contribution in [0.2, 0.25) is 0 Å². The largest absolute Gasteiger partial charge is 0.319 e. The van der Waals surface area contributed by atoms with Crippen LogP contribution in [-0.4, -0.2) is 13.6 Å². The monoisotopic (exact) mass is 231 g/mol. The third-order valence-electron chi connectivity index (χ3n) is 2.25. The highest BCUT2D eigenvalue weighted by molar-refractivity contribution is 5.85. The summed E-state index contributed by atoms with van der Waals surface area (Å²) in [5.41, 5.74) is 1.40. The molecule has 86 valence electrons. The summed E-state index contributed by atoms with van der Waals surface area (Å²) in [6.45, 7) is 5.37. The first kappa shape index (κ1) is 14.4. The van der Waals surface area contributed by atoms with E-state index in [2.05, 4.69) is 19.2 Å². The van der Waals surface area contributed by atoms with Crippen molar-refractivity contribution in [2.75, 3.05) is 13.6 Å². The highest BCUT2D eigenvalue weighted by Crippen LogP contribution is 2.20. The lowest BCUT2D eigenvalue weighted by Crippen LogP contribution is -2.28. The topological polar surface area (TPSA) is 12.0 Å². The van der Waals surface area contributed by atoms with E-state index < -0.39 is 0 Å². The summed E-state index contributed by atoms with van der Waals surface area (Å²) in [6, 6.07) is 6.75. The van der Waals surface area contributed by atoms with Gasteiger partial charge in [0.15, 0.2) is 0 Å². The molecule has 0 unspecified atom stereocenters. The Hall–Kier alpha value is -0.600. The Morgan fingerprint density at radius 2 is 1.73 bits per heavy atom. The minimum Gasteiger partial charge on any atom is -0.319 e. The minimum atomic E-state index is -0.167. The summed E-state index contributed by atoms with van der Waals surface area (Å²) in [5, 5.41) is 3.17. The highest BCUT2D eigenvalue weighted by Gasteiger charge is 2.16. The maximum absolute atomic E-state index is 12.7. The number of rotatable bonds is 4. The summed E-state index contributed by atoms with van der Waals surface area (Å²) in [5.74, 6) is -0.167.